The minimum Gasteiger partial charge on any atom is -0.340 e. The van der Waals surface area contributed by atoms with Crippen LogP contribution in [0.3, 0.4) is 0 Å². The first-order valence-corrected chi connectivity index (χ1v) is 10.4. The minimum absolute atomic E-state index is 0.112. The fourth-order valence-electron chi connectivity index (χ4n) is 3.77. The number of aryl methyl sites for hydroxylation is 2. The van der Waals surface area contributed by atoms with Crippen molar-refractivity contribution < 1.29 is 9.59 Å². The number of hydrogen-bond donors (Lipinski definition) is 0. The van der Waals surface area contributed by atoms with Gasteiger partial charge in [0.15, 0.2) is 0 Å². The first kappa shape index (κ1) is 21.1. The maximum Gasteiger partial charge on any atom is 0.241 e. The highest BCUT2D eigenvalue weighted by molar-refractivity contribution is 5.95. The third-order valence-corrected chi connectivity index (χ3v) is 5.58. The number of piperazine rings is 1. The molecule has 2 amide bonds. The van der Waals surface area contributed by atoms with Crippen LogP contribution in [0.4, 0.5) is 5.69 Å². The van der Waals surface area contributed by atoms with Gasteiger partial charge in [0.2, 0.25) is 11.8 Å². The standard InChI is InChI=1S/C24H31N3O2/c1-4-27(22-8-6-5-7-20(22)3)24(29)18-25-13-15-26(16-14-25)23(28)17-21-11-9-19(2)10-12-21/h5-12H,4,13-18H2,1-3H3. The summed E-state index contributed by atoms with van der Waals surface area (Å²) >= 11 is 0. The molecule has 0 atom stereocenters. The summed E-state index contributed by atoms with van der Waals surface area (Å²) in [5, 5.41) is 0. The van der Waals surface area contributed by atoms with Gasteiger partial charge in [0.05, 0.1) is 13.0 Å². The zero-order valence-corrected chi connectivity index (χ0v) is 17.7. The van der Waals surface area contributed by atoms with Crippen LogP contribution in [0.5, 0.6) is 0 Å². The third kappa shape index (κ3) is 5.45. The molecule has 2 aromatic carbocycles. The zero-order chi connectivity index (χ0) is 20.8. The molecule has 0 N–H and O–H groups in total. The van der Waals surface area contributed by atoms with E-state index in [1.165, 1.54) is 5.56 Å². The van der Waals surface area contributed by atoms with Gasteiger partial charge in [-0.05, 0) is 38.0 Å². The van der Waals surface area contributed by atoms with E-state index in [9.17, 15) is 9.59 Å². The zero-order valence-electron chi connectivity index (χ0n) is 17.7. The number of likely N-dealkylation sites (N-methyl/N-ethyl adjacent to an activating group) is 1. The Hall–Kier alpha value is -2.66. The van der Waals surface area contributed by atoms with Crippen LogP contribution in [0.15, 0.2) is 48.5 Å². The molecule has 5 heteroatoms. The van der Waals surface area contributed by atoms with Crippen LogP contribution in [0.2, 0.25) is 0 Å². The van der Waals surface area contributed by atoms with E-state index in [0.717, 1.165) is 29.9 Å². The van der Waals surface area contributed by atoms with Crippen molar-refractivity contribution in [3.05, 3.63) is 65.2 Å². The van der Waals surface area contributed by atoms with Crippen LogP contribution in [0, 0.1) is 13.8 Å². The first-order chi connectivity index (χ1) is 14.0. The summed E-state index contributed by atoms with van der Waals surface area (Å²) in [7, 11) is 0. The lowest BCUT2D eigenvalue weighted by Gasteiger charge is -2.35. The molecule has 3 rings (SSSR count). The van der Waals surface area contributed by atoms with Crippen molar-refractivity contribution in [3.8, 4) is 0 Å². The molecule has 154 valence electrons. The third-order valence-electron chi connectivity index (χ3n) is 5.58. The van der Waals surface area contributed by atoms with E-state index >= 15 is 0 Å². The van der Waals surface area contributed by atoms with Gasteiger partial charge in [-0.2, -0.15) is 0 Å². The number of carbonyl (C=O) groups is 2. The maximum atomic E-state index is 12.9. The molecule has 0 aliphatic carbocycles. The normalized spacial score (nSPS) is 14.7. The van der Waals surface area contributed by atoms with E-state index < -0.39 is 0 Å². The Morgan fingerprint density at radius 2 is 1.59 bits per heavy atom. The first-order valence-electron chi connectivity index (χ1n) is 10.4. The van der Waals surface area contributed by atoms with E-state index in [2.05, 4.69) is 4.90 Å². The Balaban J connectivity index is 1.51. The summed E-state index contributed by atoms with van der Waals surface area (Å²) in [6, 6.07) is 16.1. The molecule has 0 unspecified atom stereocenters. The number of amides is 2. The molecule has 5 nitrogen and oxygen atoms in total. The fraction of sp³-hybridized carbons (Fsp3) is 0.417. The monoisotopic (exact) mass is 393 g/mol. The molecule has 0 radical (unpaired) electrons. The molecule has 2 aromatic rings. The molecule has 0 bridgehead atoms. The molecule has 1 saturated heterocycles. The smallest absolute Gasteiger partial charge is 0.241 e. The van der Waals surface area contributed by atoms with Crippen molar-refractivity contribution >= 4 is 17.5 Å². The molecule has 29 heavy (non-hydrogen) atoms. The van der Waals surface area contributed by atoms with E-state index in [4.69, 9.17) is 0 Å². The van der Waals surface area contributed by atoms with Crippen LogP contribution in [0.25, 0.3) is 0 Å². The highest BCUT2D eigenvalue weighted by Gasteiger charge is 2.24. The van der Waals surface area contributed by atoms with Crippen molar-refractivity contribution in [2.75, 3.05) is 44.2 Å². The van der Waals surface area contributed by atoms with Crippen molar-refractivity contribution in [1.82, 2.24) is 9.80 Å². The van der Waals surface area contributed by atoms with Crippen LogP contribution >= 0.6 is 0 Å². The van der Waals surface area contributed by atoms with Crippen LogP contribution < -0.4 is 4.90 Å². The summed E-state index contributed by atoms with van der Waals surface area (Å²) in [4.78, 5) is 31.4. The molecule has 1 aliphatic heterocycles. The SMILES string of the molecule is CCN(C(=O)CN1CCN(C(=O)Cc2ccc(C)cc2)CC1)c1ccccc1C. The number of hydrogen-bond acceptors (Lipinski definition) is 3. The predicted molar refractivity (Wildman–Crippen MR) is 117 cm³/mol. The highest BCUT2D eigenvalue weighted by atomic mass is 16.2. The quantitative estimate of drug-likeness (QED) is 0.758. The van der Waals surface area contributed by atoms with Gasteiger partial charge in [-0.15, -0.1) is 0 Å². The van der Waals surface area contributed by atoms with Gasteiger partial charge < -0.3 is 9.80 Å². The number of nitrogens with zero attached hydrogens (tertiary/aromatic N) is 3. The van der Waals surface area contributed by atoms with Gasteiger partial charge in [0, 0.05) is 38.4 Å². The van der Waals surface area contributed by atoms with Crippen LogP contribution in [-0.4, -0.2) is 60.9 Å². The summed E-state index contributed by atoms with van der Waals surface area (Å²) < 4.78 is 0. The summed E-state index contributed by atoms with van der Waals surface area (Å²) in [6.07, 6.45) is 0.441. The Kier molecular flexibility index (Phi) is 7.04. The van der Waals surface area contributed by atoms with E-state index in [1.54, 1.807) is 0 Å². The molecular weight excluding hydrogens is 362 g/mol. The second kappa shape index (κ2) is 9.70. The number of anilines is 1. The van der Waals surface area contributed by atoms with Gasteiger partial charge in [0.25, 0.3) is 0 Å². The molecule has 0 aromatic heterocycles. The number of rotatable bonds is 6. The molecule has 0 spiro atoms. The maximum absolute atomic E-state index is 12.9. The second-order valence-electron chi connectivity index (χ2n) is 7.74. The number of carbonyl (C=O) groups excluding carboxylic acids is 2. The minimum atomic E-state index is 0.112. The van der Waals surface area contributed by atoms with Crippen LogP contribution in [-0.2, 0) is 16.0 Å². The van der Waals surface area contributed by atoms with Gasteiger partial charge in [-0.25, -0.2) is 0 Å². The molecular formula is C24H31N3O2. The Bertz CT molecular complexity index is 839. The van der Waals surface area contributed by atoms with Crippen molar-refractivity contribution in [3.63, 3.8) is 0 Å². The molecule has 0 saturated carbocycles. The average molecular weight is 394 g/mol. The lowest BCUT2D eigenvalue weighted by atomic mass is 10.1. The van der Waals surface area contributed by atoms with E-state index in [0.29, 0.717) is 32.6 Å². The van der Waals surface area contributed by atoms with Gasteiger partial charge in [-0.3, -0.25) is 14.5 Å². The van der Waals surface area contributed by atoms with Crippen molar-refractivity contribution in [2.45, 2.75) is 27.2 Å². The van der Waals surface area contributed by atoms with Gasteiger partial charge in [0.1, 0.15) is 0 Å². The summed E-state index contributed by atoms with van der Waals surface area (Å²) in [6.45, 7) is 9.94. The van der Waals surface area contributed by atoms with Gasteiger partial charge in [-0.1, -0.05) is 48.0 Å². The molecule has 1 fully saturated rings. The second-order valence-corrected chi connectivity index (χ2v) is 7.74. The van der Waals surface area contributed by atoms with Crippen molar-refractivity contribution in [2.24, 2.45) is 0 Å². The largest absolute Gasteiger partial charge is 0.340 e. The Morgan fingerprint density at radius 1 is 0.931 bits per heavy atom. The average Bonchev–Trinajstić information content (AvgIpc) is 2.72. The van der Waals surface area contributed by atoms with Gasteiger partial charge >= 0.3 is 0 Å². The summed E-state index contributed by atoms with van der Waals surface area (Å²) in [5.41, 5.74) is 4.34. The molecule has 1 heterocycles. The Labute approximate surface area is 173 Å². The number of benzene rings is 2. The fourth-order valence-corrected chi connectivity index (χ4v) is 3.77. The summed E-state index contributed by atoms with van der Waals surface area (Å²) in [5.74, 6) is 0.274. The molecule has 1 aliphatic rings. The van der Waals surface area contributed by atoms with Crippen LogP contribution in [0.1, 0.15) is 23.6 Å². The topological polar surface area (TPSA) is 43.9 Å². The highest BCUT2D eigenvalue weighted by Crippen LogP contribution is 2.19. The van der Waals surface area contributed by atoms with Crippen molar-refractivity contribution in [1.29, 1.82) is 0 Å². The predicted octanol–water partition coefficient (Wildman–Crippen LogP) is 3.04. The van der Waals surface area contributed by atoms with E-state index in [-0.39, 0.29) is 11.8 Å². The lowest BCUT2D eigenvalue weighted by Crippen LogP contribution is -2.52. The Morgan fingerprint density at radius 3 is 2.21 bits per heavy atom. The number of para-hydroxylation sites is 1. The van der Waals surface area contributed by atoms with E-state index in [1.807, 2.05) is 79.1 Å². The lowest BCUT2D eigenvalue weighted by molar-refractivity contribution is -0.132.